The summed E-state index contributed by atoms with van der Waals surface area (Å²) in [4.78, 5) is 48.6. The molecule has 0 aromatic carbocycles. The van der Waals surface area contributed by atoms with Gasteiger partial charge in [0.25, 0.3) is 0 Å². The van der Waals surface area contributed by atoms with Crippen molar-refractivity contribution in [3.05, 3.63) is 0 Å². The molecule has 4 rings (SSSR count). The van der Waals surface area contributed by atoms with Gasteiger partial charge in [0.15, 0.2) is 0 Å². The first-order valence-electron chi connectivity index (χ1n) is 14.9. The highest BCUT2D eigenvalue weighted by atomic mass is 16.6. The largest absolute Gasteiger partial charge is 0.469 e. The Kier molecular flexibility index (Phi) is 8.73. The molecule has 0 saturated heterocycles. The van der Waals surface area contributed by atoms with Gasteiger partial charge < -0.3 is 18.9 Å². The SMILES string of the molecule is COC(=O)CCC(C)C1CCC2C3C(OC(C)=O)C(OC(C)=O)C4CC(OC(C)=O)CCC4(C)C3CCC12C. The van der Waals surface area contributed by atoms with Gasteiger partial charge in [0.2, 0.25) is 0 Å². The number of hydrogen-bond acceptors (Lipinski definition) is 8. The van der Waals surface area contributed by atoms with E-state index in [2.05, 4.69) is 20.8 Å². The highest BCUT2D eigenvalue weighted by molar-refractivity contribution is 5.69. The normalized spacial score (nSPS) is 41.7. The summed E-state index contributed by atoms with van der Waals surface area (Å²) >= 11 is 0. The second-order valence-corrected chi connectivity index (χ2v) is 13.4. The number of esters is 4. The zero-order chi connectivity index (χ0) is 28.7. The third kappa shape index (κ3) is 5.58. The Bertz CT molecular complexity index is 962. The van der Waals surface area contributed by atoms with Crippen molar-refractivity contribution < 1.29 is 38.1 Å². The summed E-state index contributed by atoms with van der Waals surface area (Å²) in [7, 11) is 1.44. The molecule has 8 heteroatoms. The summed E-state index contributed by atoms with van der Waals surface area (Å²) in [6, 6.07) is 0. The molecular weight excluding hydrogens is 500 g/mol. The monoisotopic (exact) mass is 548 g/mol. The Balaban J connectivity index is 1.69. The predicted octanol–water partition coefficient (Wildman–Crippen LogP) is 5.25. The number of carbonyl (C=O) groups excluding carboxylic acids is 4. The average molecular weight is 549 g/mol. The van der Waals surface area contributed by atoms with Gasteiger partial charge in [-0.1, -0.05) is 20.8 Å². The molecule has 220 valence electrons. The zero-order valence-corrected chi connectivity index (χ0v) is 24.8. The number of hydrogen-bond donors (Lipinski definition) is 0. The number of rotatable bonds is 7. The molecule has 39 heavy (non-hydrogen) atoms. The maximum absolute atomic E-state index is 12.5. The average Bonchev–Trinajstić information content (AvgIpc) is 3.21. The molecule has 0 spiro atoms. The molecule has 0 bridgehead atoms. The van der Waals surface area contributed by atoms with Crippen LogP contribution in [0.4, 0.5) is 0 Å². The lowest BCUT2D eigenvalue weighted by Gasteiger charge is -2.64. The summed E-state index contributed by atoms with van der Waals surface area (Å²) in [6.45, 7) is 11.3. The van der Waals surface area contributed by atoms with Crippen molar-refractivity contribution in [1.82, 2.24) is 0 Å². The molecule has 11 unspecified atom stereocenters. The van der Waals surface area contributed by atoms with Gasteiger partial charge in [-0.2, -0.15) is 0 Å². The summed E-state index contributed by atoms with van der Waals surface area (Å²) in [5.41, 5.74) is -0.0674. The second-order valence-electron chi connectivity index (χ2n) is 13.4. The van der Waals surface area contributed by atoms with Gasteiger partial charge in [-0.05, 0) is 85.9 Å². The fourth-order valence-electron chi connectivity index (χ4n) is 9.81. The molecule has 4 aliphatic carbocycles. The first-order valence-corrected chi connectivity index (χ1v) is 14.9. The molecule has 11 atom stereocenters. The van der Waals surface area contributed by atoms with Crippen molar-refractivity contribution in [2.24, 2.45) is 46.3 Å². The Morgan fingerprint density at radius 1 is 0.769 bits per heavy atom. The lowest BCUT2D eigenvalue weighted by Crippen LogP contribution is -2.65. The van der Waals surface area contributed by atoms with Gasteiger partial charge >= 0.3 is 23.9 Å². The third-order valence-electron chi connectivity index (χ3n) is 11.4. The molecule has 4 saturated carbocycles. The molecule has 4 fully saturated rings. The van der Waals surface area contributed by atoms with E-state index < -0.39 is 12.2 Å². The molecule has 4 aliphatic rings. The van der Waals surface area contributed by atoms with E-state index in [1.165, 1.54) is 27.9 Å². The molecule has 0 aromatic rings. The van der Waals surface area contributed by atoms with Crippen LogP contribution in [0.1, 0.15) is 99.3 Å². The van der Waals surface area contributed by atoms with E-state index >= 15 is 0 Å². The van der Waals surface area contributed by atoms with E-state index in [4.69, 9.17) is 18.9 Å². The molecule has 0 aromatic heterocycles. The van der Waals surface area contributed by atoms with Crippen LogP contribution in [0.15, 0.2) is 0 Å². The van der Waals surface area contributed by atoms with Crippen molar-refractivity contribution in [1.29, 1.82) is 0 Å². The quantitative estimate of drug-likeness (QED) is 0.314. The fourth-order valence-corrected chi connectivity index (χ4v) is 9.81. The van der Waals surface area contributed by atoms with Crippen LogP contribution in [0.25, 0.3) is 0 Å². The van der Waals surface area contributed by atoms with Crippen LogP contribution in [-0.2, 0) is 38.1 Å². The maximum Gasteiger partial charge on any atom is 0.305 e. The van der Waals surface area contributed by atoms with Crippen LogP contribution in [0.5, 0.6) is 0 Å². The molecule has 0 amide bonds. The van der Waals surface area contributed by atoms with Crippen molar-refractivity contribution in [2.45, 2.75) is 118 Å². The maximum atomic E-state index is 12.5. The minimum Gasteiger partial charge on any atom is -0.469 e. The Hall–Kier alpha value is -2.12. The summed E-state index contributed by atoms with van der Waals surface area (Å²) in [6.07, 6.45) is 6.38. The Labute approximate surface area is 233 Å². The highest BCUT2D eigenvalue weighted by Crippen LogP contribution is 2.69. The number of ether oxygens (including phenoxy) is 4. The summed E-state index contributed by atoms with van der Waals surface area (Å²) in [5, 5.41) is 0. The van der Waals surface area contributed by atoms with E-state index in [-0.39, 0.29) is 52.6 Å². The van der Waals surface area contributed by atoms with Gasteiger partial charge in [0.05, 0.1) is 7.11 Å². The van der Waals surface area contributed by atoms with Crippen LogP contribution in [-0.4, -0.2) is 49.3 Å². The van der Waals surface area contributed by atoms with E-state index in [1.54, 1.807) is 0 Å². The van der Waals surface area contributed by atoms with E-state index in [1.807, 2.05) is 0 Å². The minimum absolute atomic E-state index is 0.0496. The standard InChI is InChI=1S/C31H48O8/c1-17(8-11-26(35)36-7)22-9-10-23-27-24(13-15-30(22,23)5)31(6)14-12-21(37-18(2)32)16-25(31)28(38-19(3)33)29(27)39-20(4)34/h17,21-25,27-29H,8-16H2,1-7H3. The number of fused-ring (bicyclic) bond motifs is 5. The molecule has 0 radical (unpaired) electrons. The van der Waals surface area contributed by atoms with Crippen LogP contribution < -0.4 is 0 Å². The summed E-state index contributed by atoms with van der Waals surface area (Å²) < 4.78 is 22.7. The van der Waals surface area contributed by atoms with Crippen molar-refractivity contribution >= 4 is 23.9 Å². The van der Waals surface area contributed by atoms with E-state index in [9.17, 15) is 19.2 Å². The molecule has 0 aliphatic heterocycles. The predicted molar refractivity (Wildman–Crippen MR) is 143 cm³/mol. The van der Waals surface area contributed by atoms with Crippen molar-refractivity contribution in [2.75, 3.05) is 7.11 Å². The first-order chi connectivity index (χ1) is 18.3. The van der Waals surface area contributed by atoms with Gasteiger partial charge in [-0.15, -0.1) is 0 Å². The van der Waals surface area contributed by atoms with Crippen LogP contribution in [0, 0.1) is 46.3 Å². The summed E-state index contributed by atoms with van der Waals surface area (Å²) in [5.74, 6) is 0.289. The number of methoxy groups -OCH3 is 1. The molecule has 0 heterocycles. The van der Waals surface area contributed by atoms with Gasteiger partial charge in [-0.25, -0.2) is 0 Å². The van der Waals surface area contributed by atoms with E-state index in [0.717, 1.165) is 44.9 Å². The number of carbonyl (C=O) groups is 4. The Morgan fingerprint density at radius 3 is 1.97 bits per heavy atom. The topological polar surface area (TPSA) is 105 Å². The van der Waals surface area contributed by atoms with Gasteiger partial charge in [-0.3, -0.25) is 19.2 Å². The molecular formula is C31H48O8. The van der Waals surface area contributed by atoms with Gasteiger partial charge in [0, 0.05) is 39.0 Å². The second kappa shape index (κ2) is 11.4. The smallest absolute Gasteiger partial charge is 0.305 e. The first kappa shape index (κ1) is 29.9. The molecule has 0 N–H and O–H groups in total. The molecule has 8 nitrogen and oxygen atoms in total. The van der Waals surface area contributed by atoms with Crippen LogP contribution in [0.3, 0.4) is 0 Å². The zero-order valence-electron chi connectivity index (χ0n) is 24.8. The lowest BCUT2D eigenvalue weighted by molar-refractivity contribution is -0.242. The Morgan fingerprint density at radius 2 is 1.36 bits per heavy atom. The fraction of sp³-hybridized carbons (Fsp3) is 0.871. The third-order valence-corrected chi connectivity index (χ3v) is 11.4. The van der Waals surface area contributed by atoms with Crippen LogP contribution in [0.2, 0.25) is 0 Å². The van der Waals surface area contributed by atoms with E-state index in [0.29, 0.717) is 36.5 Å². The van der Waals surface area contributed by atoms with Crippen molar-refractivity contribution in [3.63, 3.8) is 0 Å². The van der Waals surface area contributed by atoms with Crippen LogP contribution >= 0.6 is 0 Å². The van der Waals surface area contributed by atoms with Crippen molar-refractivity contribution in [3.8, 4) is 0 Å². The minimum atomic E-state index is -0.575. The van der Waals surface area contributed by atoms with Gasteiger partial charge in [0.1, 0.15) is 18.3 Å². The highest BCUT2D eigenvalue weighted by Gasteiger charge is 2.67. The lowest BCUT2D eigenvalue weighted by atomic mass is 9.43.